The summed E-state index contributed by atoms with van der Waals surface area (Å²) in [5.41, 5.74) is 8.10. The van der Waals surface area contributed by atoms with E-state index in [0.29, 0.717) is 6.54 Å². The van der Waals surface area contributed by atoms with Crippen LogP contribution in [0.2, 0.25) is 0 Å². The summed E-state index contributed by atoms with van der Waals surface area (Å²) in [5.74, 6) is 0. The topological polar surface area (TPSA) is 42.2 Å². The third kappa shape index (κ3) is 3.66. The normalized spacial score (nSPS) is 11.2. The van der Waals surface area contributed by atoms with Crippen LogP contribution in [0, 0.1) is 0 Å². The monoisotopic (exact) mass is 289 g/mol. The van der Waals surface area contributed by atoms with E-state index in [1.807, 2.05) is 18.2 Å². The van der Waals surface area contributed by atoms with Crippen LogP contribution in [0.25, 0.3) is 11.3 Å². The lowest BCUT2D eigenvalue weighted by Gasteiger charge is -2.16. The molecule has 0 radical (unpaired) electrons. The number of benzene rings is 1. The average Bonchev–Trinajstić information content (AvgIpc) is 2.92. The Kier molecular flexibility index (Phi) is 5.71. The van der Waals surface area contributed by atoms with Crippen molar-refractivity contribution in [1.82, 2.24) is 9.88 Å². The summed E-state index contributed by atoms with van der Waals surface area (Å²) in [6.07, 6.45) is 1.01. The molecule has 0 aliphatic carbocycles. The first-order valence-corrected chi connectivity index (χ1v) is 8.06. The maximum atomic E-state index is 5.87. The lowest BCUT2D eigenvalue weighted by atomic mass is 10.1. The zero-order valence-electron chi connectivity index (χ0n) is 12.3. The molecule has 20 heavy (non-hydrogen) atoms. The fourth-order valence-electron chi connectivity index (χ4n) is 2.26. The molecule has 1 aromatic carbocycles. The standard InChI is InChI=1S/C16H23N3S/c1-3-19(4-2)11-10-15-18-16(14(12-17)20-15)13-8-6-5-7-9-13/h5-9H,3-4,10-12,17H2,1-2H3. The van der Waals surface area contributed by atoms with Crippen LogP contribution in [-0.2, 0) is 13.0 Å². The van der Waals surface area contributed by atoms with Crippen molar-refractivity contribution >= 4 is 11.3 Å². The number of likely N-dealkylation sites (N-methyl/N-ethyl adjacent to an activating group) is 1. The second-order valence-corrected chi connectivity index (χ2v) is 5.89. The molecule has 0 saturated heterocycles. The van der Waals surface area contributed by atoms with Crippen LogP contribution in [0.5, 0.6) is 0 Å². The molecule has 0 aliphatic heterocycles. The smallest absolute Gasteiger partial charge is 0.0948 e. The third-order valence-electron chi connectivity index (χ3n) is 3.51. The quantitative estimate of drug-likeness (QED) is 0.851. The highest BCUT2D eigenvalue weighted by Crippen LogP contribution is 2.28. The van der Waals surface area contributed by atoms with Crippen LogP contribution >= 0.6 is 11.3 Å². The van der Waals surface area contributed by atoms with E-state index in [0.717, 1.165) is 31.7 Å². The van der Waals surface area contributed by atoms with Gasteiger partial charge in [-0.05, 0) is 13.1 Å². The second kappa shape index (κ2) is 7.53. The predicted molar refractivity (Wildman–Crippen MR) is 86.9 cm³/mol. The Balaban J connectivity index is 2.15. The van der Waals surface area contributed by atoms with E-state index in [9.17, 15) is 0 Å². The molecule has 4 heteroatoms. The van der Waals surface area contributed by atoms with Gasteiger partial charge in [0.1, 0.15) is 0 Å². The Bertz CT molecular complexity index is 518. The molecule has 0 atom stereocenters. The first kappa shape index (κ1) is 15.2. The average molecular weight is 289 g/mol. The summed E-state index contributed by atoms with van der Waals surface area (Å²) in [7, 11) is 0. The highest BCUT2D eigenvalue weighted by molar-refractivity contribution is 7.12. The first-order chi connectivity index (χ1) is 9.78. The zero-order valence-corrected chi connectivity index (χ0v) is 13.1. The van der Waals surface area contributed by atoms with E-state index < -0.39 is 0 Å². The van der Waals surface area contributed by atoms with Crippen LogP contribution < -0.4 is 5.73 Å². The lowest BCUT2D eigenvalue weighted by Crippen LogP contribution is -2.25. The molecule has 1 aromatic heterocycles. The largest absolute Gasteiger partial charge is 0.326 e. The van der Waals surface area contributed by atoms with Gasteiger partial charge in [0.15, 0.2) is 0 Å². The van der Waals surface area contributed by atoms with Gasteiger partial charge in [-0.2, -0.15) is 0 Å². The van der Waals surface area contributed by atoms with Gasteiger partial charge >= 0.3 is 0 Å². The van der Waals surface area contributed by atoms with Crippen molar-refractivity contribution in [2.45, 2.75) is 26.8 Å². The van der Waals surface area contributed by atoms with Crippen molar-refractivity contribution < 1.29 is 0 Å². The zero-order chi connectivity index (χ0) is 14.4. The molecule has 0 aliphatic rings. The maximum absolute atomic E-state index is 5.87. The van der Waals surface area contributed by atoms with E-state index >= 15 is 0 Å². The number of thiazole rings is 1. The predicted octanol–water partition coefficient (Wildman–Crippen LogP) is 3.15. The molecule has 3 nitrogen and oxygen atoms in total. The first-order valence-electron chi connectivity index (χ1n) is 7.24. The number of nitrogens with two attached hydrogens (primary N) is 1. The van der Waals surface area contributed by atoms with Gasteiger partial charge in [0.2, 0.25) is 0 Å². The molecular formula is C16H23N3S. The van der Waals surface area contributed by atoms with Crippen molar-refractivity contribution in [3.8, 4) is 11.3 Å². The van der Waals surface area contributed by atoms with E-state index in [1.54, 1.807) is 11.3 Å². The molecule has 0 fully saturated rings. The van der Waals surface area contributed by atoms with Gasteiger partial charge in [-0.1, -0.05) is 44.2 Å². The van der Waals surface area contributed by atoms with Crippen molar-refractivity contribution in [3.63, 3.8) is 0 Å². The minimum atomic E-state index is 0.563. The van der Waals surface area contributed by atoms with Crippen molar-refractivity contribution in [2.24, 2.45) is 5.73 Å². The van der Waals surface area contributed by atoms with Gasteiger partial charge in [0, 0.05) is 30.0 Å². The van der Waals surface area contributed by atoms with Crippen molar-refractivity contribution in [1.29, 1.82) is 0 Å². The molecule has 2 N–H and O–H groups in total. The van der Waals surface area contributed by atoms with Gasteiger partial charge in [-0.25, -0.2) is 4.98 Å². The molecule has 0 spiro atoms. The van der Waals surface area contributed by atoms with Crippen LogP contribution in [0.4, 0.5) is 0 Å². The number of nitrogens with zero attached hydrogens (tertiary/aromatic N) is 2. The molecule has 2 aromatic rings. The Morgan fingerprint density at radius 1 is 1.15 bits per heavy atom. The highest BCUT2D eigenvalue weighted by atomic mass is 32.1. The summed E-state index contributed by atoms with van der Waals surface area (Å²) >= 11 is 1.75. The van der Waals surface area contributed by atoms with Gasteiger partial charge < -0.3 is 10.6 Å². The number of rotatable bonds is 7. The fourth-order valence-corrected chi connectivity index (χ4v) is 3.22. The maximum Gasteiger partial charge on any atom is 0.0948 e. The highest BCUT2D eigenvalue weighted by Gasteiger charge is 2.12. The van der Waals surface area contributed by atoms with Crippen LogP contribution in [-0.4, -0.2) is 29.5 Å². The Labute approximate surface area is 125 Å². The minimum absolute atomic E-state index is 0.563. The van der Waals surface area contributed by atoms with Gasteiger partial charge in [-0.3, -0.25) is 0 Å². The number of hydrogen-bond acceptors (Lipinski definition) is 4. The molecule has 2 rings (SSSR count). The molecule has 0 amide bonds. The summed E-state index contributed by atoms with van der Waals surface area (Å²) in [4.78, 5) is 8.41. The van der Waals surface area contributed by atoms with Crippen molar-refractivity contribution in [2.75, 3.05) is 19.6 Å². The second-order valence-electron chi connectivity index (χ2n) is 4.73. The molecule has 0 unspecified atom stereocenters. The minimum Gasteiger partial charge on any atom is -0.326 e. The summed E-state index contributed by atoms with van der Waals surface area (Å²) < 4.78 is 0. The fraction of sp³-hybridized carbons (Fsp3) is 0.438. The number of hydrogen-bond donors (Lipinski definition) is 1. The van der Waals surface area contributed by atoms with Crippen LogP contribution in [0.15, 0.2) is 30.3 Å². The Morgan fingerprint density at radius 2 is 1.85 bits per heavy atom. The van der Waals surface area contributed by atoms with Crippen molar-refractivity contribution in [3.05, 3.63) is 40.2 Å². The summed E-state index contributed by atoms with van der Waals surface area (Å²) in [6, 6.07) is 10.3. The van der Waals surface area contributed by atoms with E-state index in [4.69, 9.17) is 10.7 Å². The Hall–Kier alpha value is -1.23. The van der Waals surface area contributed by atoms with Crippen LogP contribution in [0.1, 0.15) is 23.7 Å². The molecule has 0 bridgehead atoms. The molecule has 1 heterocycles. The molecule has 0 saturated carbocycles. The van der Waals surface area contributed by atoms with E-state index in [2.05, 4.69) is 30.9 Å². The summed E-state index contributed by atoms with van der Waals surface area (Å²) in [6.45, 7) is 8.22. The molecular weight excluding hydrogens is 266 g/mol. The van der Waals surface area contributed by atoms with Gasteiger partial charge in [-0.15, -0.1) is 11.3 Å². The lowest BCUT2D eigenvalue weighted by molar-refractivity contribution is 0.308. The third-order valence-corrected chi connectivity index (χ3v) is 4.65. The summed E-state index contributed by atoms with van der Waals surface area (Å²) in [5, 5.41) is 1.19. The van der Waals surface area contributed by atoms with Gasteiger partial charge in [0.25, 0.3) is 0 Å². The van der Waals surface area contributed by atoms with Crippen LogP contribution in [0.3, 0.4) is 0 Å². The van der Waals surface area contributed by atoms with Gasteiger partial charge in [0.05, 0.1) is 10.7 Å². The number of aromatic nitrogens is 1. The molecule has 108 valence electrons. The SMILES string of the molecule is CCN(CC)CCc1nc(-c2ccccc2)c(CN)s1. The van der Waals surface area contributed by atoms with E-state index in [1.165, 1.54) is 15.4 Å². The Morgan fingerprint density at radius 3 is 2.45 bits per heavy atom. The van der Waals surface area contributed by atoms with E-state index in [-0.39, 0.29) is 0 Å².